The van der Waals surface area contributed by atoms with Crippen LogP contribution in [0.1, 0.15) is 22.8 Å². The Balaban J connectivity index is 1.46. The number of aromatic nitrogens is 1. The van der Waals surface area contributed by atoms with E-state index in [2.05, 4.69) is 16.7 Å². The predicted molar refractivity (Wildman–Crippen MR) is 125 cm³/mol. The van der Waals surface area contributed by atoms with Crippen LogP contribution in [0.25, 0.3) is 0 Å². The van der Waals surface area contributed by atoms with Crippen molar-refractivity contribution >= 4 is 53.1 Å². The lowest BCUT2D eigenvalue weighted by Gasteiger charge is -2.43. The van der Waals surface area contributed by atoms with Gasteiger partial charge in [-0.3, -0.25) is 19.3 Å². The van der Waals surface area contributed by atoms with Crippen molar-refractivity contribution in [3.8, 4) is 5.75 Å². The van der Waals surface area contributed by atoms with Gasteiger partial charge in [-0.2, -0.15) is 0 Å². The van der Waals surface area contributed by atoms with Gasteiger partial charge in [0.1, 0.15) is 12.3 Å². The number of fused-ring (bicyclic) bond motifs is 9. The average molecular weight is 503 g/mol. The minimum atomic E-state index is -1.15. The number of methoxy groups -OCH3 is 1. The molecule has 2 bridgehead atoms. The first-order valence-electron chi connectivity index (χ1n) is 10.9. The van der Waals surface area contributed by atoms with Gasteiger partial charge in [0.2, 0.25) is 11.8 Å². The Bertz CT molecular complexity index is 1250. The second-order valence-electron chi connectivity index (χ2n) is 9.28. The van der Waals surface area contributed by atoms with Crippen LogP contribution in [-0.4, -0.2) is 51.3 Å². The van der Waals surface area contributed by atoms with Crippen molar-refractivity contribution in [2.45, 2.75) is 22.6 Å². The molecule has 2 saturated carbocycles. The van der Waals surface area contributed by atoms with E-state index in [1.807, 2.05) is 19.2 Å². The molecule has 1 aromatic heterocycles. The first kappa shape index (κ1) is 21.4. The molecule has 2 amide bonds. The summed E-state index contributed by atoms with van der Waals surface area (Å²) in [6.07, 6.45) is 0.835. The van der Waals surface area contributed by atoms with Crippen molar-refractivity contribution in [1.82, 2.24) is 9.47 Å². The van der Waals surface area contributed by atoms with E-state index < -0.39 is 24.3 Å². The number of carboxylic acid groups (broad SMARTS) is 1. The summed E-state index contributed by atoms with van der Waals surface area (Å²) in [5.74, 6) is -1.40. The summed E-state index contributed by atoms with van der Waals surface area (Å²) in [6.45, 7) is -0.546. The number of likely N-dealkylation sites (tertiary alicyclic amines) is 1. The van der Waals surface area contributed by atoms with E-state index in [-0.39, 0.29) is 40.7 Å². The Labute approximate surface area is 203 Å². The molecule has 0 radical (unpaired) electrons. The molecule has 7 atom stereocenters. The number of thiazole rings is 1. The van der Waals surface area contributed by atoms with E-state index in [1.165, 1.54) is 4.88 Å². The lowest BCUT2D eigenvalue weighted by molar-refractivity contribution is -0.149. The smallest absolute Gasteiger partial charge is 0.323 e. The van der Waals surface area contributed by atoms with Gasteiger partial charge in [0.15, 0.2) is 3.95 Å². The summed E-state index contributed by atoms with van der Waals surface area (Å²) in [4.78, 5) is 39.9. The van der Waals surface area contributed by atoms with Crippen molar-refractivity contribution in [1.29, 1.82) is 0 Å². The third kappa shape index (κ3) is 2.86. The maximum absolute atomic E-state index is 13.2. The molecule has 3 fully saturated rings. The topological polar surface area (TPSA) is 88.8 Å². The SMILES string of the molecule is COc1ccc([C@@H]2c3sc(=S)n(C)c3S[C@@H]3[C@H]4C[C@@H]([C@@H]5C(=O)N(CC(=O)O)C(=O)[C@@H]45)[C@@H]23)cc1. The predicted octanol–water partition coefficient (Wildman–Crippen LogP) is 3.38. The molecule has 7 nitrogen and oxygen atoms in total. The molecule has 1 aromatic carbocycles. The van der Waals surface area contributed by atoms with Gasteiger partial charge in [0, 0.05) is 23.1 Å². The van der Waals surface area contributed by atoms with Crippen LogP contribution in [0, 0.1) is 33.5 Å². The van der Waals surface area contributed by atoms with Crippen molar-refractivity contribution in [3.63, 3.8) is 0 Å². The Morgan fingerprint density at radius 3 is 2.48 bits per heavy atom. The van der Waals surface area contributed by atoms with Crippen LogP contribution < -0.4 is 4.74 Å². The molecule has 0 unspecified atom stereocenters. The number of imide groups is 1. The molecular weight excluding hydrogens is 480 g/mol. The first-order valence-corrected chi connectivity index (χ1v) is 13.0. The third-order valence-corrected chi connectivity index (χ3v) is 11.3. The van der Waals surface area contributed by atoms with Gasteiger partial charge in [-0.1, -0.05) is 12.1 Å². The summed E-state index contributed by atoms with van der Waals surface area (Å²) in [5.41, 5.74) is 1.16. The lowest BCUT2D eigenvalue weighted by atomic mass is 9.68. The Kier molecular flexibility index (Phi) is 4.80. The van der Waals surface area contributed by atoms with Gasteiger partial charge in [-0.15, -0.1) is 23.1 Å². The summed E-state index contributed by atoms with van der Waals surface area (Å²) < 4.78 is 8.24. The molecule has 2 aromatic rings. The molecule has 3 heterocycles. The summed E-state index contributed by atoms with van der Waals surface area (Å²) >= 11 is 9.04. The van der Waals surface area contributed by atoms with E-state index >= 15 is 0 Å². The average Bonchev–Trinajstić information content (AvgIpc) is 3.50. The van der Waals surface area contributed by atoms with Crippen LogP contribution in [-0.2, 0) is 21.4 Å². The summed E-state index contributed by atoms with van der Waals surface area (Å²) in [5, 5.41) is 10.6. The number of aliphatic carboxylic acids is 1. The number of nitrogens with zero attached hydrogens (tertiary/aromatic N) is 2. The van der Waals surface area contributed by atoms with E-state index in [4.69, 9.17) is 17.0 Å². The zero-order valence-corrected chi connectivity index (χ0v) is 20.4. The van der Waals surface area contributed by atoms with E-state index in [0.29, 0.717) is 0 Å². The zero-order chi connectivity index (χ0) is 23.2. The third-order valence-electron chi connectivity index (χ3n) is 7.92. The largest absolute Gasteiger partial charge is 0.497 e. The number of amides is 2. The summed E-state index contributed by atoms with van der Waals surface area (Å²) in [6, 6.07) is 8.10. The number of benzene rings is 1. The highest BCUT2D eigenvalue weighted by atomic mass is 32.2. The molecule has 10 heteroatoms. The lowest BCUT2D eigenvalue weighted by Crippen LogP contribution is -2.43. The summed E-state index contributed by atoms with van der Waals surface area (Å²) in [7, 11) is 3.63. The molecular formula is C23H22N2O5S3. The molecule has 1 saturated heterocycles. The van der Waals surface area contributed by atoms with Gasteiger partial charge < -0.3 is 14.4 Å². The highest BCUT2D eigenvalue weighted by molar-refractivity contribution is 8.00. The molecule has 4 aliphatic rings. The molecule has 6 rings (SSSR count). The van der Waals surface area contributed by atoms with Gasteiger partial charge in [-0.05, 0) is 54.1 Å². The van der Waals surface area contributed by atoms with Gasteiger partial charge in [0.25, 0.3) is 0 Å². The molecule has 2 aliphatic heterocycles. The minimum Gasteiger partial charge on any atom is -0.497 e. The molecule has 2 aliphatic carbocycles. The number of ether oxygens (including phenoxy) is 1. The van der Waals surface area contributed by atoms with Crippen LogP contribution in [0.5, 0.6) is 5.75 Å². The van der Waals surface area contributed by atoms with Crippen molar-refractivity contribution < 1.29 is 24.2 Å². The number of hydrogen-bond acceptors (Lipinski definition) is 7. The number of hydrogen-bond donors (Lipinski definition) is 1. The van der Waals surface area contributed by atoms with Gasteiger partial charge in [0.05, 0.1) is 24.0 Å². The van der Waals surface area contributed by atoms with E-state index in [9.17, 15) is 19.5 Å². The second-order valence-corrected chi connectivity index (χ2v) is 12.1. The maximum atomic E-state index is 13.2. The van der Waals surface area contributed by atoms with E-state index in [1.54, 1.807) is 30.2 Å². The van der Waals surface area contributed by atoms with Crippen molar-refractivity contribution in [2.75, 3.05) is 13.7 Å². The Morgan fingerprint density at radius 2 is 1.85 bits per heavy atom. The molecule has 172 valence electrons. The minimum absolute atomic E-state index is 0.0500. The second kappa shape index (κ2) is 7.41. The van der Waals surface area contributed by atoms with Crippen LogP contribution in [0.15, 0.2) is 29.3 Å². The number of rotatable bonds is 4. The van der Waals surface area contributed by atoms with Crippen LogP contribution in [0.4, 0.5) is 0 Å². The fourth-order valence-electron chi connectivity index (χ4n) is 6.72. The highest BCUT2D eigenvalue weighted by Gasteiger charge is 2.69. The highest BCUT2D eigenvalue weighted by Crippen LogP contribution is 2.69. The molecule has 1 N–H and O–H groups in total. The van der Waals surface area contributed by atoms with Gasteiger partial charge >= 0.3 is 5.97 Å². The zero-order valence-electron chi connectivity index (χ0n) is 18.0. The van der Waals surface area contributed by atoms with E-state index in [0.717, 1.165) is 31.6 Å². The number of thioether (sulfide) groups is 1. The van der Waals surface area contributed by atoms with Gasteiger partial charge in [-0.25, -0.2) is 0 Å². The number of carbonyl (C=O) groups excluding carboxylic acids is 2. The maximum Gasteiger partial charge on any atom is 0.323 e. The van der Waals surface area contributed by atoms with Crippen molar-refractivity contribution in [2.24, 2.45) is 36.6 Å². The monoisotopic (exact) mass is 502 g/mol. The first-order chi connectivity index (χ1) is 15.8. The molecule has 0 spiro atoms. The van der Waals surface area contributed by atoms with Crippen LogP contribution in [0.2, 0.25) is 0 Å². The number of carboxylic acids is 1. The molecule has 33 heavy (non-hydrogen) atoms. The quantitative estimate of drug-likeness (QED) is 0.506. The van der Waals surface area contributed by atoms with Crippen LogP contribution >= 0.6 is 35.3 Å². The number of carbonyl (C=O) groups is 3. The normalized spacial score (nSPS) is 33.8. The Morgan fingerprint density at radius 1 is 1.18 bits per heavy atom. The fraction of sp³-hybridized carbons (Fsp3) is 0.478. The fourth-order valence-corrected chi connectivity index (χ4v) is 10.2. The standard InChI is InChI=1S/C23H22N2O5S3/c1-24-22-19(33-23(24)31)14(9-3-5-10(30-2)6-4-9)15-11-7-12(18(15)32-22)17-16(11)20(28)25(21(17)29)8-13(26)27/h3-6,11-12,14-18H,7-8H2,1-2H3,(H,26,27)/t11-,12+,14+,15+,16+,17+,18-/m1/s1. The van der Waals surface area contributed by atoms with Crippen molar-refractivity contribution in [3.05, 3.63) is 38.7 Å². The Hall–Kier alpha value is -2.17. The van der Waals surface area contributed by atoms with Crippen LogP contribution in [0.3, 0.4) is 0 Å².